The molecule has 2 aromatic carbocycles. The van der Waals surface area contributed by atoms with Gasteiger partial charge in [0.15, 0.2) is 6.10 Å². The SMILES string of the molecule is Cc1ccc(-c2noc(CN(C)C(=O)[C@H](C)Oc3ccccc3C(C)C)n2)cc1. The molecule has 0 aliphatic heterocycles. The van der Waals surface area contributed by atoms with E-state index >= 15 is 0 Å². The monoisotopic (exact) mass is 393 g/mol. The Kier molecular flexibility index (Phi) is 6.32. The Hall–Kier alpha value is -3.15. The van der Waals surface area contributed by atoms with Crippen LogP contribution >= 0.6 is 0 Å². The first-order valence-corrected chi connectivity index (χ1v) is 9.75. The van der Waals surface area contributed by atoms with E-state index in [1.807, 2.05) is 55.5 Å². The molecule has 29 heavy (non-hydrogen) atoms. The molecule has 0 aliphatic carbocycles. The van der Waals surface area contributed by atoms with Gasteiger partial charge in [0.25, 0.3) is 5.91 Å². The smallest absolute Gasteiger partial charge is 0.263 e. The van der Waals surface area contributed by atoms with Crippen LogP contribution in [0.1, 0.15) is 43.7 Å². The second-order valence-electron chi connectivity index (χ2n) is 7.52. The molecule has 3 aromatic rings. The van der Waals surface area contributed by atoms with E-state index in [0.29, 0.717) is 17.6 Å². The molecule has 6 nitrogen and oxygen atoms in total. The van der Waals surface area contributed by atoms with Crippen molar-refractivity contribution in [3.05, 3.63) is 65.5 Å². The fraction of sp³-hybridized carbons (Fsp3) is 0.348. The molecule has 0 unspecified atom stereocenters. The molecule has 0 saturated heterocycles. The molecule has 6 heteroatoms. The standard InChI is InChI=1S/C23H27N3O3/c1-15(2)19-8-6-7-9-20(19)28-17(4)23(27)26(5)14-21-24-22(25-29-21)18-12-10-16(3)11-13-18/h6-13,15,17H,14H2,1-5H3/t17-/m0/s1. The fourth-order valence-electron chi connectivity index (χ4n) is 3.04. The number of nitrogens with zero attached hydrogens (tertiary/aromatic N) is 3. The Morgan fingerprint density at radius 3 is 2.48 bits per heavy atom. The quantitative estimate of drug-likeness (QED) is 0.587. The van der Waals surface area contributed by atoms with E-state index in [2.05, 4.69) is 24.0 Å². The third kappa shape index (κ3) is 5.02. The van der Waals surface area contributed by atoms with Gasteiger partial charge in [-0.15, -0.1) is 0 Å². The lowest BCUT2D eigenvalue weighted by molar-refractivity contribution is -0.137. The zero-order valence-corrected chi connectivity index (χ0v) is 17.5. The zero-order chi connectivity index (χ0) is 21.0. The number of likely N-dealkylation sites (N-methyl/N-ethyl adjacent to an activating group) is 1. The predicted octanol–water partition coefficient (Wildman–Crippen LogP) is 4.59. The number of amides is 1. The Bertz CT molecular complexity index is 964. The van der Waals surface area contributed by atoms with Gasteiger partial charge in [-0.1, -0.05) is 67.0 Å². The first-order valence-electron chi connectivity index (χ1n) is 9.75. The minimum Gasteiger partial charge on any atom is -0.481 e. The number of hydrogen-bond donors (Lipinski definition) is 0. The average molecular weight is 393 g/mol. The van der Waals surface area contributed by atoms with Gasteiger partial charge in [0, 0.05) is 12.6 Å². The van der Waals surface area contributed by atoms with E-state index in [1.54, 1.807) is 14.0 Å². The van der Waals surface area contributed by atoms with E-state index < -0.39 is 6.10 Å². The minimum absolute atomic E-state index is 0.154. The lowest BCUT2D eigenvalue weighted by atomic mass is 10.0. The number of benzene rings is 2. The van der Waals surface area contributed by atoms with Crippen LogP contribution < -0.4 is 4.74 Å². The molecule has 0 saturated carbocycles. The molecular weight excluding hydrogens is 366 g/mol. The van der Waals surface area contributed by atoms with Gasteiger partial charge >= 0.3 is 0 Å². The van der Waals surface area contributed by atoms with Crippen molar-refractivity contribution in [3.8, 4) is 17.1 Å². The molecule has 152 valence electrons. The van der Waals surface area contributed by atoms with Gasteiger partial charge in [-0.25, -0.2) is 0 Å². The first-order chi connectivity index (χ1) is 13.8. The highest BCUT2D eigenvalue weighted by Crippen LogP contribution is 2.27. The number of carbonyl (C=O) groups excluding carboxylic acids is 1. The molecule has 1 atom stereocenters. The number of carbonyl (C=O) groups is 1. The number of hydrogen-bond acceptors (Lipinski definition) is 5. The van der Waals surface area contributed by atoms with E-state index in [1.165, 1.54) is 4.90 Å². The van der Waals surface area contributed by atoms with E-state index in [9.17, 15) is 4.79 Å². The second-order valence-corrected chi connectivity index (χ2v) is 7.52. The van der Waals surface area contributed by atoms with Crippen LogP contribution in [0.5, 0.6) is 5.75 Å². The predicted molar refractivity (Wildman–Crippen MR) is 112 cm³/mol. The van der Waals surface area contributed by atoms with Crippen molar-refractivity contribution < 1.29 is 14.1 Å². The molecule has 0 fully saturated rings. The molecule has 0 aliphatic rings. The maximum absolute atomic E-state index is 12.8. The topological polar surface area (TPSA) is 68.5 Å². The van der Waals surface area contributed by atoms with Gasteiger partial charge in [-0.3, -0.25) is 4.79 Å². The zero-order valence-electron chi connectivity index (χ0n) is 17.5. The second kappa shape index (κ2) is 8.90. The number of ether oxygens (including phenoxy) is 1. The van der Waals surface area contributed by atoms with E-state index in [0.717, 1.165) is 22.4 Å². The van der Waals surface area contributed by atoms with Crippen molar-refractivity contribution in [2.24, 2.45) is 0 Å². The molecule has 1 amide bonds. The molecule has 0 N–H and O–H groups in total. The number of aryl methyl sites for hydroxylation is 1. The Morgan fingerprint density at radius 1 is 1.10 bits per heavy atom. The summed E-state index contributed by atoms with van der Waals surface area (Å²) in [5.74, 6) is 1.78. The van der Waals surface area contributed by atoms with Gasteiger partial charge in [0.05, 0.1) is 6.54 Å². The third-order valence-corrected chi connectivity index (χ3v) is 4.72. The van der Waals surface area contributed by atoms with Crippen molar-refractivity contribution in [1.82, 2.24) is 15.0 Å². The maximum Gasteiger partial charge on any atom is 0.263 e. The molecule has 1 heterocycles. The summed E-state index contributed by atoms with van der Waals surface area (Å²) in [6.07, 6.45) is -0.626. The summed E-state index contributed by atoms with van der Waals surface area (Å²) in [7, 11) is 1.70. The molecule has 0 bridgehead atoms. The molecular formula is C23H27N3O3. The van der Waals surface area contributed by atoms with Gasteiger partial charge in [0.1, 0.15) is 5.75 Å². The summed E-state index contributed by atoms with van der Waals surface area (Å²) in [6, 6.07) is 15.7. The van der Waals surface area contributed by atoms with Gasteiger partial charge in [-0.2, -0.15) is 4.98 Å². The lowest BCUT2D eigenvalue weighted by Crippen LogP contribution is -2.37. The summed E-state index contributed by atoms with van der Waals surface area (Å²) in [5, 5.41) is 4.02. The van der Waals surface area contributed by atoms with Crippen LogP contribution in [0.15, 0.2) is 53.1 Å². The van der Waals surface area contributed by atoms with Crippen LogP contribution in [0.3, 0.4) is 0 Å². The fourth-order valence-corrected chi connectivity index (χ4v) is 3.04. The Balaban J connectivity index is 1.64. The van der Waals surface area contributed by atoms with Crippen LogP contribution in [-0.4, -0.2) is 34.1 Å². The summed E-state index contributed by atoms with van der Waals surface area (Å²) in [6.45, 7) is 8.19. The largest absolute Gasteiger partial charge is 0.481 e. The van der Waals surface area contributed by atoms with Crippen molar-refractivity contribution in [2.75, 3.05) is 7.05 Å². The van der Waals surface area contributed by atoms with Gasteiger partial charge in [-0.05, 0) is 31.4 Å². The van der Waals surface area contributed by atoms with Crippen molar-refractivity contribution in [1.29, 1.82) is 0 Å². The molecule has 0 radical (unpaired) electrons. The van der Waals surface area contributed by atoms with Crippen LogP contribution in [0.2, 0.25) is 0 Å². The van der Waals surface area contributed by atoms with Crippen molar-refractivity contribution in [3.63, 3.8) is 0 Å². The average Bonchev–Trinajstić information content (AvgIpc) is 3.16. The van der Waals surface area contributed by atoms with Gasteiger partial charge in [0.2, 0.25) is 11.7 Å². The molecule has 0 spiro atoms. The summed E-state index contributed by atoms with van der Waals surface area (Å²) >= 11 is 0. The first kappa shape index (κ1) is 20.6. The lowest BCUT2D eigenvalue weighted by Gasteiger charge is -2.22. The molecule has 1 aromatic heterocycles. The Labute approximate surface area is 171 Å². The van der Waals surface area contributed by atoms with E-state index in [-0.39, 0.29) is 12.5 Å². The summed E-state index contributed by atoms with van der Waals surface area (Å²) in [5.41, 5.74) is 3.12. The van der Waals surface area contributed by atoms with Crippen LogP contribution in [-0.2, 0) is 11.3 Å². The highest BCUT2D eigenvalue weighted by atomic mass is 16.5. The van der Waals surface area contributed by atoms with Crippen LogP contribution in [0.25, 0.3) is 11.4 Å². The Morgan fingerprint density at radius 2 is 1.79 bits per heavy atom. The summed E-state index contributed by atoms with van der Waals surface area (Å²) < 4.78 is 11.3. The normalized spacial score (nSPS) is 12.1. The summed E-state index contributed by atoms with van der Waals surface area (Å²) in [4.78, 5) is 18.7. The maximum atomic E-state index is 12.8. The van der Waals surface area contributed by atoms with Crippen molar-refractivity contribution >= 4 is 5.91 Å². The number of rotatable bonds is 7. The number of para-hydroxylation sites is 1. The van der Waals surface area contributed by atoms with Crippen molar-refractivity contribution in [2.45, 2.75) is 46.3 Å². The van der Waals surface area contributed by atoms with Gasteiger partial charge < -0.3 is 14.2 Å². The van der Waals surface area contributed by atoms with Crippen LogP contribution in [0, 0.1) is 6.92 Å². The number of aromatic nitrogens is 2. The van der Waals surface area contributed by atoms with Crippen LogP contribution in [0.4, 0.5) is 0 Å². The highest BCUT2D eigenvalue weighted by Gasteiger charge is 2.22. The molecule has 3 rings (SSSR count). The highest BCUT2D eigenvalue weighted by molar-refractivity contribution is 5.80. The van der Waals surface area contributed by atoms with E-state index in [4.69, 9.17) is 9.26 Å². The minimum atomic E-state index is -0.626. The third-order valence-electron chi connectivity index (χ3n) is 4.72.